The van der Waals surface area contributed by atoms with Crippen molar-refractivity contribution in [1.82, 2.24) is 14.6 Å². The van der Waals surface area contributed by atoms with Crippen LogP contribution in [0.1, 0.15) is 18.8 Å². The standard InChI is InChI=1S/C28H26F4N6O2/c1-17(37(25-10-6-20(31)16-23(25)32)28(40)33-21-7-3-18(29)4-8-21)26-34-24-9-5-19(30)15-22(24)27(39)38(26)36-13-11-35(2)12-14-36/h3-10,15-17H,11-14H2,1-2H3,(H,33,40). The number of hydrogen-bond donors (Lipinski definition) is 1. The Hall–Kier alpha value is -4.45. The normalized spacial score (nSPS) is 14.8. The van der Waals surface area contributed by atoms with Crippen molar-refractivity contribution in [3.05, 3.63) is 100 Å². The molecule has 0 spiro atoms. The molecular formula is C28H26F4N6O2. The zero-order valence-electron chi connectivity index (χ0n) is 21.7. The largest absolute Gasteiger partial charge is 0.327 e. The molecule has 1 aliphatic rings. The Kier molecular flexibility index (Phi) is 7.44. The molecule has 4 aromatic rings. The van der Waals surface area contributed by atoms with Gasteiger partial charge in [-0.2, -0.15) is 0 Å². The number of hydrogen-bond acceptors (Lipinski definition) is 5. The summed E-state index contributed by atoms with van der Waals surface area (Å²) in [4.78, 5) is 35.2. The second kappa shape index (κ2) is 11.0. The van der Waals surface area contributed by atoms with Gasteiger partial charge in [0.2, 0.25) is 0 Å². The summed E-state index contributed by atoms with van der Waals surface area (Å²) in [5.74, 6) is -2.89. The van der Waals surface area contributed by atoms with Crippen LogP contribution < -0.4 is 20.8 Å². The minimum Gasteiger partial charge on any atom is -0.308 e. The Bertz CT molecular complexity index is 1620. The predicted octanol–water partition coefficient (Wildman–Crippen LogP) is 4.64. The van der Waals surface area contributed by atoms with E-state index < -0.39 is 40.9 Å². The van der Waals surface area contributed by atoms with E-state index in [9.17, 15) is 22.8 Å². The molecule has 1 N–H and O–H groups in total. The van der Waals surface area contributed by atoms with E-state index in [1.807, 2.05) is 7.05 Å². The molecule has 2 amide bonds. The molecule has 5 rings (SSSR count). The Morgan fingerprint density at radius 3 is 2.20 bits per heavy atom. The third kappa shape index (κ3) is 5.34. The number of aromatic nitrogens is 2. The molecular weight excluding hydrogens is 528 g/mol. The van der Waals surface area contributed by atoms with Crippen LogP contribution in [0.5, 0.6) is 0 Å². The van der Waals surface area contributed by atoms with Crippen LogP contribution in [0.3, 0.4) is 0 Å². The molecule has 0 aliphatic carbocycles. The summed E-state index contributed by atoms with van der Waals surface area (Å²) >= 11 is 0. The zero-order chi connectivity index (χ0) is 28.6. The van der Waals surface area contributed by atoms with Gasteiger partial charge in [-0.1, -0.05) is 0 Å². The number of nitrogens with one attached hydrogen (secondary N) is 1. The third-order valence-electron chi connectivity index (χ3n) is 6.84. The van der Waals surface area contributed by atoms with Gasteiger partial charge < -0.3 is 15.2 Å². The average molecular weight is 555 g/mol. The van der Waals surface area contributed by atoms with Crippen molar-refractivity contribution in [2.45, 2.75) is 13.0 Å². The number of anilines is 2. The maximum absolute atomic E-state index is 15.1. The number of carbonyl (C=O) groups excluding carboxylic acids is 1. The smallest absolute Gasteiger partial charge is 0.308 e. The van der Waals surface area contributed by atoms with Gasteiger partial charge in [0.25, 0.3) is 5.56 Å². The van der Waals surface area contributed by atoms with Crippen molar-refractivity contribution < 1.29 is 22.4 Å². The van der Waals surface area contributed by atoms with Gasteiger partial charge in [0, 0.05) is 37.9 Å². The van der Waals surface area contributed by atoms with Gasteiger partial charge in [-0.3, -0.25) is 9.69 Å². The number of benzene rings is 3. The van der Waals surface area contributed by atoms with Crippen molar-refractivity contribution in [3.63, 3.8) is 0 Å². The number of rotatable bonds is 5. The lowest BCUT2D eigenvalue weighted by atomic mass is 10.1. The van der Waals surface area contributed by atoms with E-state index in [1.54, 1.807) is 11.9 Å². The molecule has 208 valence electrons. The second-order valence-corrected chi connectivity index (χ2v) is 9.58. The van der Waals surface area contributed by atoms with E-state index in [0.29, 0.717) is 32.2 Å². The number of carbonyl (C=O) groups is 1. The number of halogens is 4. The Morgan fingerprint density at radius 1 is 0.900 bits per heavy atom. The van der Waals surface area contributed by atoms with E-state index in [0.717, 1.165) is 35.2 Å². The first-order chi connectivity index (χ1) is 19.1. The molecule has 40 heavy (non-hydrogen) atoms. The van der Waals surface area contributed by atoms with Gasteiger partial charge in [0.15, 0.2) is 5.82 Å². The van der Waals surface area contributed by atoms with E-state index in [-0.39, 0.29) is 28.1 Å². The van der Waals surface area contributed by atoms with Crippen LogP contribution in [0, 0.1) is 23.3 Å². The fourth-order valence-electron chi connectivity index (χ4n) is 4.71. The molecule has 0 saturated carbocycles. The molecule has 1 aromatic heterocycles. The van der Waals surface area contributed by atoms with Gasteiger partial charge in [-0.05, 0) is 68.6 Å². The fourth-order valence-corrected chi connectivity index (χ4v) is 4.71. The number of amides is 2. The van der Waals surface area contributed by atoms with Crippen LogP contribution in [0.2, 0.25) is 0 Å². The molecule has 1 saturated heterocycles. The van der Waals surface area contributed by atoms with Crippen molar-refractivity contribution in [3.8, 4) is 0 Å². The second-order valence-electron chi connectivity index (χ2n) is 9.58. The highest BCUT2D eigenvalue weighted by molar-refractivity contribution is 6.02. The molecule has 0 radical (unpaired) electrons. The molecule has 1 aliphatic heterocycles. The van der Waals surface area contributed by atoms with Crippen LogP contribution in [-0.4, -0.2) is 53.8 Å². The SMILES string of the molecule is CC(c1nc2ccc(F)cc2c(=O)n1N1CCN(C)CC1)N(C(=O)Nc1ccc(F)cc1)c1ccc(F)cc1F. The van der Waals surface area contributed by atoms with Crippen molar-refractivity contribution >= 4 is 28.3 Å². The lowest BCUT2D eigenvalue weighted by Crippen LogP contribution is -2.55. The van der Waals surface area contributed by atoms with Gasteiger partial charge in [-0.15, -0.1) is 0 Å². The monoisotopic (exact) mass is 554 g/mol. The number of urea groups is 1. The van der Waals surface area contributed by atoms with E-state index >= 15 is 4.39 Å². The number of nitrogens with zero attached hydrogens (tertiary/aromatic N) is 5. The topological polar surface area (TPSA) is 73.7 Å². The molecule has 1 fully saturated rings. The summed E-state index contributed by atoms with van der Waals surface area (Å²) in [6.07, 6.45) is 0. The molecule has 3 aromatic carbocycles. The zero-order valence-corrected chi connectivity index (χ0v) is 21.7. The quantitative estimate of drug-likeness (QED) is 0.364. The van der Waals surface area contributed by atoms with E-state index in [2.05, 4.69) is 15.2 Å². The molecule has 0 bridgehead atoms. The molecule has 1 atom stereocenters. The minimum absolute atomic E-state index is 0.0464. The van der Waals surface area contributed by atoms with Gasteiger partial charge in [0.1, 0.15) is 23.3 Å². The maximum Gasteiger partial charge on any atom is 0.327 e. The highest BCUT2D eigenvalue weighted by Gasteiger charge is 2.32. The highest BCUT2D eigenvalue weighted by atomic mass is 19.1. The molecule has 8 nitrogen and oxygen atoms in total. The lowest BCUT2D eigenvalue weighted by molar-refractivity contribution is 0.253. The van der Waals surface area contributed by atoms with Crippen LogP contribution in [-0.2, 0) is 0 Å². The van der Waals surface area contributed by atoms with Gasteiger partial charge in [0.05, 0.1) is 22.6 Å². The summed E-state index contributed by atoms with van der Waals surface area (Å²) in [6, 6.07) is 9.45. The minimum atomic E-state index is -1.08. The van der Waals surface area contributed by atoms with Crippen molar-refractivity contribution in [2.24, 2.45) is 0 Å². The number of likely N-dealkylation sites (N-methyl/N-ethyl adjacent to an activating group) is 1. The summed E-state index contributed by atoms with van der Waals surface area (Å²) < 4.78 is 57.8. The first-order valence-electron chi connectivity index (χ1n) is 12.6. The Balaban J connectivity index is 1.67. The highest BCUT2D eigenvalue weighted by Crippen LogP contribution is 2.30. The predicted molar refractivity (Wildman–Crippen MR) is 144 cm³/mol. The summed E-state index contributed by atoms with van der Waals surface area (Å²) in [7, 11) is 1.94. The van der Waals surface area contributed by atoms with Crippen LogP contribution in [0.4, 0.5) is 33.7 Å². The first kappa shape index (κ1) is 27.1. The first-order valence-corrected chi connectivity index (χ1v) is 12.6. The van der Waals surface area contributed by atoms with E-state index in [4.69, 9.17) is 0 Å². The van der Waals surface area contributed by atoms with Gasteiger partial charge >= 0.3 is 6.03 Å². The average Bonchev–Trinajstić information content (AvgIpc) is 2.92. The summed E-state index contributed by atoms with van der Waals surface area (Å²) in [5, 5.41) is 4.40. The van der Waals surface area contributed by atoms with Crippen molar-refractivity contribution in [1.29, 1.82) is 0 Å². The molecule has 2 heterocycles. The van der Waals surface area contributed by atoms with Crippen LogP contribution >= 0.6 is 0 Å². The number of fused-ring (bicyclic) bond motifs is 1. The number of piperazine rings is 1. The summed E-state index contributed by atoms with van der Waals surface area (Å²) in [5.41, 5.74) is -0.400. The van der Waals surface area contributed by atoms with Crippen molar-refractivity contribution in [2.75, 3.05) is 48.5 Å². The Morgan fingerprint density at radius 2 is 1.52 bits per heavy atom. The Labute approximate surface area is 227 Å². The van der Waals surface area contributed by atoms with Crippen LogP contribution in [0.25, 0.3) is 10.9 Å². The van der Waals surface area contributed by atoms with Gasteiger partial charge in [-0.25, -0.2) is 32.0 Å². The lowest BCUT2D eigenvalue weighted by Gasteiger charge is -2.38. The maximum atomic E-state index is 15.1. The fraction of sp³-hybridized carbons (Fsp3) is 0.250. The molecule has 12 heteroatoms. The van der Waals surface area contributed by atoms with E-state index in [1.165, 1.54) is 28.9 Å². The third-order valence-corrected chi connectivity index (χ3v) is 6.84. The summed E-state index contributed by atoms with van der Waals surface area (Å²) in [6.45, 7) is 3.68. The van der Waals surface area contributed by atoms with Crippen LogP contribution in [0.15, 0.2) is 65.5 Å². The molecule has 1 unspecified atom stereocenters.